The fraction of sp³-hybridized carbons (Fsp3) is 0.417. The second kappa shape index (κ2) is 6.33. The number of hydrogen-bond acceptors (Lipinski definition) is 4. The minimum atomic E-state index is -1.10. The molecule has 0 fully saturated rings. The molecule has 0 aliphatic carbocycles. The zero-order valence-electron chi connectivity index (χ0n) is 10.6. The smallest absolute Gasteiger partial charge is 0.303 e. The fourth-order valence-electron chi connectivity index (χ4n) is 1.65. The molecule has 19 heavy (non-hydrogen) atoms. The maximum absolute atomic E-state index is 14.0. The number of ether oxygens (including phenoxy) is 2. The number of carboxylic acids is 1. The zero-order chi connectivity index (χ0) is 14.6. The van der Waals surface area contributed by atoms with Crippen molar-refractivity contribution in [1.82, 2.24) is 0 Å². The van der Waals surface area contributed by atoms with Crippen LogP contribution in [0, 0.1) is 11.6 Å². The lowest BCUT2D eigenvalue weighted by molar-refractivity contribution is -0.137. The highest BCUT2D eigenvalue weighted by atomic mass is 19.1. The van der Waals surface area contributed by atoms with Gasteiger partial charge in [-0.1, -0.05) is 0 Å². The molecule has 1 atom stereocenters. The molecule has 1 unspecified atom stereocenters. The Labute approximate surface area is 108 Å². The molecule has 0 saturated carbocycles. The molecule has 5 nitrogen and oxygen atoms in total. The molecule has 0 aromatic heterocycles. The number of halogens is 2. The van der Waals surface area contributed by atoms with Gasteiger partial charge in [-0.2, -0.15) is 0 Å². The van der Waals surface area contributed by atoms with Gasteiger partial charge in [0.2, 0.25) is 0 Å². The fourth-order valence-corrected chi connectivity index (χ4v) is 1.65. The summed E-state index contributed by atoms with van der Waals surface area (Å²) in [6.07, 6.45) is -0.390. The van der Waals surface area contributed by atoms with E-state index in [1.54, 1.807) is 0 Å². The van der Waals surface area contributed by atoms with Crippen LogP contribution in [0.2, 0.25) is 0 Å². The standard InChI is InChI=1S/C12H15F2NO4/c1-18-7-5-8(19-2)12(14)10(11(7)13)6(15)3-4-9(16)17/h5-6H,3-4,15H2,1-2H3,(H,16,17). The first-order valence-electron chi connectivity index (χ1n) is 5.49. The number of rotatable bonds is 6. The number of aliphatic carboxylic acids is 1. The van der Waals surface area contributed by atoms with E-state index in [-0.39, 0.29) is 24.3 Å². The molecule has 106 valence electrons. The molecule has 0 spiro atoms. The second-order valence-corrected chi connectivity index (χ2v) is 3.86. The van der Waals surface area contributed by atoms with Gasteiger partial charge in [0.05, 0.1) is 14.2 Å². The van der Waals surface area contributed by atoms with Crippen LogP contribution in [0.15, 0.2) is 6.07 Å². The van der Waals surface area contributed by atoms with Gasteiger partial charge in [0.15, 0.2) is 23.1 Å². The summed E-state index contributed by atoms with van der Waals surface area (Å²) in [5, 5.41) is 8.56. The predicted octanol–water partition coefficient (Wildman–Crippen LogP) is 1.85. The van der Waals surface area contributed by atoms with Crippen molar-refractivity contribution in [1.29, 1.82) is 0 Å². The summed E-state index contributed by atoms with van der Waals surface area (Å²) in [4.78, 5) is 10.5. The molecule has 0 aliphatic heterocycles. The monoisotopic (exact) mass is 275 g/mol. The van der Waals surface area contributed by atoms with Gasteiger partial charge >= 0.3 is 5.97 Å². The molecule has 0 amide bonds. The maximum Gasteiger partial charge on any atom is 0.303 e. The van der Waals surface area contributed by atoms with Crippen LogP contribution in [0.3, 0.4) is 0 Å². The van der Waals surface area contributed by atoms with Crippen LogP contribution >= 0.6 is 0 Å². The van der Waals surface area contributed by atoms with Gasteiger partial charge < -0.3 is 20.3 Å². The van der Waals surface area contributed by atoms with Crippen molar-refractivity contribution in [3.05, 3.63) is 23.3 Å². The third kappa shape index (κ3) is 3.31. The zero-order valence-corrected chi connectivity index (χ0v) is 10.6. The summed E-state index contributed by atoms with van der Waals surface area (Å²) in [5.74, 6) is -3.40. The third-order valence-corrected chi connectivity index (χ3v) is 2.65. The summed E-state index contributed by atoms with van der Waals surface area (Å²) in [6.45, 7) is 0. The average molecular weight is 275 g/mol. The van der Waals surface area contributed by atoms with Crippen LogP contribution in [0.4, 0.5) is 8.78 Å². The maximum atomic E-state index is 14.0. The van der Waals surface area contributed by atoms with Crippen molar-refractivity contribution in [2.45, 2.75) is 18.9 Å². The first-order valence-corrected chi connectivity index (χ1v) is 5.49. The molecule has 1 aromatic rings. The minimum Gasteiger partial charge on any atom is -0.494 e. The van der Waals surface area contributed by atoms with Gasteiger partial charge in [-0.05, 0) is 6.42 Å². The molecular formula is C12H15F2NO4. The van der Waals surface area contributed by atoms with Crippen LogP contribution < -0.4 is 15.2 Å². The topological polar surface area (TPSA) is 81.8 Å². The Morgan fingerprint density at radius 2 is 1.79 bits per heavy atom. The Hall–Kier alpha value is -1.89. The normalized spacial score (nSPS) is 12.1. The number of carbonyl (C=O) groups is 1. The number of carboxylic acid groups (broad SMARTS) is 1. The van der Waals surface area contributed by atoms with E-state index in [0.717, 1.165) is 6.07 Å². The summed E-state index contributed by atoms with van der Waals surface area (Å²) in [5.41, 5.74) is 5.20. The van der Waals surface area contributed by atoms with Gasteiger partial charge in [0.1, 0.15) is 0 Å². The minimum absolute atomic E-state index is 0.0977. The molecule has 0 radical (unpaired) electrons. The lowest BCUT2D eigenvalue weighted by atomic mass is 10.0. The molecule has 3 N–H and O–H groups in total. The van der Waals surface area contributed by atoms with Gasteiger partial charge in [-0.25, -0.2) is 8.78 Å². The number of methoxy groups -OCH3 is 2. The summed E-state index contributed by atoms with van der Waals surface area (Å²) in [7, 11) is 2.45. The molecule has 1 aromatic carbocycles. The Morgan fingerprint density at radius 3 is 2.16 bits per heavy atom. The molecule has 7 heteroatoms. The molecule has 0 heterocycles. The van der Waals surface area contributed by atoms with E-state index in [2.05, 4.69) is 0 Å². The van der Waals surface area contributed by atoms with Crippen LogP contribution in [-0.2, 0) is 4.79 Å². The highest BCUT2D eigenvalue weighted by Gasteiger charge is 2.24. The van der Waals surface area contributed by atoms with Crippen LogP contribution in [0.5, 0.6) is 11.5 Å². The van der Waals surface area contributed by atoms with Crippen molar-refractivity contribution in [3.8, 4) is 11.5 Å². The van der Waals surface area contributed by atoms with Crippen molar-refractivity contribution < 1.29 is 28.2 Å². The highest BCUT2D eigenvalue weighted by molar-refractivity contribution is 5.66. The molecule has 0 aliphatic rings. The Bertz CT molecular complexity index is 451. The van der Waals surface area contributed by atoms with E-state index in [4.69, 9.17) is 20.3 Å². The van der Waals surface area contributed by atoms with Gasteiger partial charge in [-0.3, -0.25) is 4.79 Å². The Balaban J connectivity index is 3.20. The molecule has 0 bridgehead atoms. The van der Waals surface area contributed by atoms with E-state index >= 15 is 0 Å². The Morgan fingerprint density at radius 1 is 1.32 bits per heavy atom. The van der Waals surface area contributed by atoms with Gasteiger partial charge in [0, 0.05) is 24.1 Å². The first-order chi connectivity index (χ1) is 8.92. The molecule has 0 saturated heterocycles. The largest absolute Gasteiger partial charge is 0.494 e. The van der Waals surface area contributed by atoms with E-state index in [0.29, 0.717) is 0 Å². The lowest BCUT2D eigenvalue weighted by Crippen LogP contribution is -2.17. The number of nitrogens with two attached hydrogens (primary N) is 1. The van der Waals surface area contributed by atoms with E-state index in [9.17, 15) is 13.6 Å². The van der Waals surface area contributed by atoms with Crippen molar-refractivity contribution >= 4 is 5.97 Å². The highest BCUT2D eigenvalue weighted by Crippen LogP contribution is 2.35. The quantitative estimate of drug-likeness (QED) is 0.828. The van der Waals surface area contributed by atoms with E-state index in [1.165, 1.54) is 14.2 Å². The second-order valence-electron chi connectivity index (χ2n) is 3.86. The van der Waals surface area contributed by atoms with Gasteiger partial charge in [-0.15, -0.1) is 0 Å². The van der Waals surface area contributed by atoms with Crippen LogP contribution in [0.1, 0.15) is 24.4 Å². The first kappa shape index (κ1) is 15.2. The summed E-state index contributed by atoms with van der Waals surface area (Å²) >= 11 is 0. The van der Waals surface area contributed by atoms with E-state index < -0.39 is 29.2 Å². The third-order valence-electron chi connectivity index (χ3n) is 2.65. The van der Waals surface area contributed by atoms with E-state index in [1.807, 2.05) is 0 Å². The van der Waals surface area contributed by atoms with Crippen molar-refractivity contribution in [3.63, 3.8) is 0 Å². The molecule has 1 rings (SSSR count). The lowest BCUT2D eigenvalue weighted by Gasteiger charge is -2.17. The van der Waals surface area contributed by atoms with Crippen LogP contribution in [0.25, 0.3) is 0 Å². The Kier molecular flexibility index (Phi) is 5.05. The molecular weight excluding hydrogens is 260 g/mol. The summed E-state index contributed by atoms with van der Waals surface area (Å²) < 4.78 is 37.5. The number of benzene rings is 1. The van der Waals surface area contributed by atoms with Crippen LogP contribution in [-0.4, -0.2) is 25.3 Å². The SMILES string of the molecule is COc1cc(OC)c(F)c(C(N)CCC(=O)O)c1F. The van der Waals surface area contributed by atoms with Crippen molar-refractivity contribution in [2.24, 2.45) is 5.73 Å². The van der Waals surface area contributed by atoms with Crippen molar-refractivity contribution in [2.75, 3.05) is 14.2 Å². The summed E-state index contributed by atoms with van der Waals surface area (Å²) in [6, 6.07) is -0.0296. The van der Waals surface area contributed by atoms with Gasteiger partial charge in [0.25, 0.3) is 0 Å². The predicted molar refractivity (Wildman–Crippen MR) is 63.3 cm³/mol. The number of hydrogen-bond donors (Lipinski definition) is 2. The average Bonchev–Trinajstić information content (AvgIpc) is 2.37.